The Labute approximate surface area is 157 Å². The van der Waals surface area contributed by atoms with E-state index in [1.165, 1.54) is 6.07 Å². The molecule has 0 spiro atoms. The Bertz CT molecular complexity index is 1010. The van der Waals surface area contributed by atoms with Crippen molar-refractivity contribution in [1.29, 1.82) is 0 Å². The van der Waals surface area contributed by atoms with Gasteiger partial charge in [-0.15, -0.1) is 0 Å². The molecule has 27 heavy (non-hydrogen) atoms. The lowest BCUT2D eigenvalue weighted by Crippen LogP contribution is -2.14. The molecule has 0 aliphatic carbocycles. The van der Waals surface area contributed by atoms with Crippen LogP contribution in [0, 0.1) is 5.82 Å². The molecule has 142 valence electrons. The van der Waals surface area contributed by atoms with Crippen molar-refractivity contribution >= 4 is 10.9 Å². The fourth-order valence-electron chi connectivity index (χ4n) is 3.16. The van der Waals surface area contributed by atoms with Gasteiger partial charge in [-0.2, -0.15) is 0 Å². The standard InChI is InChI=1S/C22H24FNO3/c1-5-12-27-17-11-10-16(23)19-21(17)24-20(13(2)3)18(22(19)25)14-6-8-15(26-4)9-7-14/h6-11,13H,5,12H2,1-4H3,(H,24,25). The maximum atomic E-state index is 14.6. The second kappa shape index (κ2) is 7.82. The van der Waals surface area contributed by atoms with Gasteiger partial charge < -0.3 is 14.5 Å². The summed E-state index contributed by atoms with van der Waals surface area (Å²) in [5.41, 5.74) is 2.03. The Balaban J connectivity index is 2.33. The summed E-state index contributed by atoms with van der Waals surface area (Å²) in [6.07, 6.45) is 0.823. The number of ether oxygens (including phenoxy) is 2. The zero-order chi connectivity index (χ0) is 19.6. The highest BCUT2D eigenvalue weighted by molar-refractivity contribution is 5.89. The van der Waals surface area contributed by atoms with Crippen molar-refractivity contribution in [3.8, 4) is 22.6 Å². The maximum Gasteiger partial charge on any atom is 0.200 e. The third kappa shape index (κ3) is 3.54. The number of methoxy groups -OCH3 is 1. The summed E-state index contributed by atoms with van der Waals surface area (Å²) in [6, 6.07) is 10.1. The summed E-state index contributed by atoms with van der Waals surface area (Å²) >= 11 is 0. The number of nitrogens with one attached hydrogen (secondary N) is 1. The average Bonchev–Trinajstić information content (AvgIpc) is 2.67. The van der Waals surface area contributed by atoms with Gasteiger partial charge in [-0.1, -0.05) is 32.9 Å². The third-order valence-corrected chi connectivity index (χ3v) is 4.52. The molecule has 0 saturated carbocycles. The van der Waals surface area contributed by atoms with E-state index in [-0.39, 0.29) is 16.7 Å². The molecule has 0 unspecified atom stereocenters. The van der Waals surface area contributed by atoms with Gasteiger partial charge in [0.05, 0.1) is 24.6 Å². The second-order valence-electron chi connectivity index (χ2n) is 6.77. The summed E-state index contributed by atoms with van der Waals surface area (Å²) in [6.45, 7) is 6.49. The average molecular weight is 369 g/mol. The Morgan fingerprint density at radius 1 is 1.11 bits per heavy atom. The quantitative estimate of drug-likeness (QED) is 0.645. The lowest BCUT2D eigenvalue weighted by Gasteiger charge is -2.17. The number of fused-ring (bicyclic) bond motifs is 1. The van der Waals surface area contributed by atoms with Crippen LogP contribution in [0.3, 0.4) is 0 Å². The first kappa shape index (κ1) is 19.0. The van der Waals surface area contributed by atoms with Gasteiger partial charge in [0.2, 0.25) is 5.43 Å². The van der Waals surface area contributed by atoms with Crippen LogP contribution in [-0.4, -0.2) is 18.7 Å². The maximum absolute atomic E-state index is 14.6. The molecule has 0 bridgehead atoms. The monoisotopic (exact) mass is 369 g/mol. The number of aromatic nitrogens is 1. The SMILES string of the molecule is CCCOc1ccc(F)c2c(=O)c(-c3ccc(OC)cc3)c(C(C)C)[nH]c12. The van der Waals surface area contributed by atoms with E-state index >= 15 is 0 Å². The fourth-order valence-corrected chi connectivity index (χ4v) is 3.16. The molecule has 5 heteroatoms. The predicted octanol–water partition coefficient (Wildman–Crippen LogP) is 5.26. The Hall–Kier alpha value is -2.82. The molecule has 0 atom stereocenters. The van der Waals surface area contributed by atoms with E-state index in [2.05, 4.69) is 4.98 Å². The van der Waals surface area contributed by atoms with Crippen LogP contribution in [-0.2, 0) is 0 Å². The van der Waals surface area contributed by atoms with E-state index < -0.39 is 5.82 Å². The van der Waals surface area contributed by atoms with E-state index in [4.69, 9.17) is 9.47 Å². The molecule has 0 amide bonds. The van der Waals surface area contributed by atoms with Crippen LogP contribution in [0.15, 0.2) is 41.2 Å². The Kier molecular flexibility index (Phi) is 5.49. The molecule has 0 saturated heterocycles. The zero-order valence-electron chi connectivity index (χ0n) is 16.1. The molecule has 0 aliphatic rings. The zero-order valence-corrected chi connectivity index (χ0v) is 16.1. The van der Waals surface area contributed by atoms with Gasteiger partial charge in [0.25, 0.3) is 0 Å². The number of halogens is 1. The van der Waals surface area contributed by atoms with Crippen molar-refractivity contribution in [2.24, 2.45) is 0 Å². The van der Waals surface area contributed by atoms with Crippen molar-refractivity contribution in [3.05, 3.63) is 58.1 Å². The van der Waals surface area contributed by atoms with Crippen LogP contribution in [0.1, 0.15) is 38.8 Å². The van der Waals surface area contributed by atoms with Crippen LogP contribution < -0.4 is 14.9 Å². The molecule has 1 aromatic heterocycles. The van der Waals surface area contributed by atoms with E-state index in [9.17, 15) is 9.18 Å². The lowest BCUT2D eigenvalue weighted by molar-refractivity contribution is 0.320. The third-order valence-electron chi connectivity index (χ3n) is 4.52. The first-order chi connectivity index (χ1) is 13.0. The van der Waals surface area contributed by atoms with Crippen LogP contribution in [0.25, 0.3) is 22.0 Å². The molecule has 0 radical (unpaired) electrons. The summed E-state index contributed by atoms with van der Waals surface area (Å²) in [5.74, 6) is 0.679. The molecular weight excluding hydrogens is 345 g/mol. The van der Waals surface area contributed by atoms with Gasteiger partial charge in [-0.25, -0.2) is 4.39 Å². The molecule has 3 aromatic rings. The van der Waals surface area contributed by atoms with Gasteiger partial charge in [-0.3, -0.25) is 4.79 Å². The summed E-state index contributed by atoms with van der Waals surface area (Å²) in [5, 5.41) is 0.0267. The first-order valence-corrected chi connectivity index (χ1v) is 9.13. The van der Waals surface area contributed by atoms with Crippen molar-refractivity contribution < 1.29 is 13.9 Å². The Morgan fingerprint density at radius 2 is 1.81 bits per heavy atom. The minimum atomic E-state index is -0.555. The van der Waals surface area contributed by atoms with E-state index in [0.717, 1.165) is 17.7 Å². The summed E-state index contributed by atoms with van der Waals surface area (Å²) in [7, 11) is 1.59. The summed E-state index contributed by atoms with van der Waals surface area (Å²) in [4.78, 5) is 16.6. The van der Waals surface area contributed by atoms with E-state index in [0.29, 0.717) is 29.2 Å². The number of hydrogen-bond acceptors (Lipinski definition) is 3. The van der Waals surface area contributed by atoms with Gasteiger partial charge >= 0.3 is 0 Å². The van der Waals surface area contributed by atoms with Gasteiger partial charge in [0.1, 0.15) is 17.3 Å². The molecule has 1 N–H and O–H groups in total. The highest BCUT2D eigenvalue weighted by Gasteiger charge is 2.20. The highest BCUT2D eigenvalue weighted by Crippen LogP contribution is 2.32. The molecule has 2 aromatic carbocycles. The number of pyridine rings is 1. The molecular formula is C22H24FNO3. The highest BCUT2D eigenvalue weighted by atomic mass is 19.1. The predicted molar refractivity (Wildman–Crippen MR) is 106 cm³/mol. The summed E-state index contributed by atoms with van der Waals surface area (Å²) < 4.78 is 25.5. The van der Waals surface area contributed by atoms with Crippen molar-refractivity contribution in [3.63, 3.8) is 0 Å². The van der Waals surface area contributed by atoms with Gasteiger partial charge in [0, 0.05) is 11.3 Å². The number of rotatable bonds is 6. The van der Waals surface area contributed by atoms with E-state index in [1.54, 1.807) is 25.3 Å². The smallest absolute Gasteiger partial charge is 0.200 e. The molecule has 0 aliphatic heterocycles. The first-order valence-electron chi connectivity index (χ1n) is 9.13. The topological polar surface area (TPSA) is 51.3 Å². The van der Waals surface area contributed by atoms with Crippen molar-refractivity contribution in [1.82, 2.24) is 4.98 Å². The number of aromatic amines is 1. The minimum Gasteiger partial charge on any atom is -0.497 e. The second-order valence-corrected chi connectivity index (χ2v) is 6.77. The Morgan fingerprint density at radius 3 is 2.41 bits per heavy atom. The van der Waals surface area contributed by atoms with Crippen molar-refractivity contribution in [2.45, 2.75) is 33.1 Å². The van der Waals surface area contributed by atoms with Gasteiger partial charge in [-0.05, 0) is 42.2 Å². The number of hydrogen-bond donors (Lipinski definition) is 1. The minimum absolute atomic E-state index is 0.0267. The molecule has 3 rings (SSSR count). The molecule has 4 nitrogen and oxygen atoms in total. The van der Waals surface area contributed by atoms with Crippen LogP contribution >= 0.6 is 0 Å². The number of benzene rings is 2. The normalized spacial score (nSPS) is 11.2. The van der Waals surface area contributed by atoms with Crippen LogP contribution in [0.2, 0.25) is 0 Å². The fraction of sp³-hybridized carbons (Fsp3) is 0.318. The van der Waals surface area contributed by atoms with E-state index in [1.807, 2.05) is 32.9 Å². The molecule has 0 fully saturated rings. The lowest BCUT2D eigenvalue weighted by atomic mass is 9.95. The van der Waals surface area contributed by atoms with Gasteiger partial charge in [0.15, 0.2) is 0 Å². The van der Waals surface area contributed by atoms with Crippen LogP contribution in [0.4, 0.5) is 4.39 Å². The number of H-pyrrole nitrogens is 1. The largest absolute Gasteiger partial charge is 0.497 e. The van der Waals surface area contributed by atoms with Crippen LogP contribution in [0.5, 0.6) is 11.5 Å². The molecule has 1 heterocycles. The van der Waals surface area contributed by atoms with Crippen molar-refractivity contribution in [2.75, 3.05) is 13.7 Å².